The molecule has 2 fully saturated rings. The van der Waals surface area contributed by atoms with Gasteiger partial charge in [-0.2, -0.15) is 0 Å². The van der Waals surface area contributed by atoms with E-state index in [-0.39, 0.29) is 0 Å². The second-order valence-electron chi connectivity index (χ2n) is 6.20. The molecule has 2 saturated heterocycles. The summed E-state index contributed by atoms with van der Waals surface area (Å²) in [5.41, 5.74) is 0.342. The molecule has 0 amide bonds. The monoisotopic (exact) mass is 226 g/mol. The first kappa shape index (κ1) is 12.3. The van der Waals surface area contributed by atoms with Crippen LogP contribution in [-0.2, 0) is 4.74 Å². The molecule has 16 heavy (non-hydrogen) atoms. The molecular weight excluding hydrogens is 200 g/mol. The van der Waals surface area contributed by atoms with Gasteiger partial charge >= 0.3 is 0 Å². The third kappa shape index (κ3) is 2.58. The highest BCUT2D eigenvalue weighted by molar-refractivity contribution is 4.91. The van der Waals surface area contributed by atoms with Crippen molar-refractivity contribution in [3.05, 3.63) is 0 Å². The van der Waals surface area contributed by atoms with Crippen LogP contribution < -0.4 is 0 Å². The van der Waals surface area contributed by atoms with Gasteiger partial charge in [-0.05, 0) is 33.6 Å². The third-order valence-corrected chi connectivity index (χ3v) is 4.14. The molecule has 0 radical (unpaired) electrons. The van der Waals surface area contributed by atoms with E-state index in [1.165, 1.54) is 25.9 Å². The minimum atomic E-state index is 0.342. The summed E-state index contributed by atoms with van der Waals surface area (Å²) >= 11 is 0. The van der Waals surface area contributed by atoms with Crippen LogP contribution in [0.4, 0.5) is 0 Å². The normalized spacial score (nSPS) is 27.0. The minimum absolute atomic E-state index is 0.342. The lowest BCUT2D eigenvalue weighted by atomic mass is 9.95. The van der Waals surface area contributed by atoms with Gasteiger partial charge in [-0.25, -0.2) is 0 Å². The van der Waals surface area contributed by atoms with Gasteiger partial charge < -0.3 is 4.74 Å². The Balaban J connectivity index is 1.74. The maximum atomic E-state index is 5.33. The van der Waals surface area contributed by atoms with E-state index in [0.717, 1.165) is 19.1 Å². The molecule has 94 valence electrons. The maximum Gasteiger partial charge on any atom is 0.0825 e. The summed E-state index contributed by atoms with van der Waals surface area (Å²) in [7, 11) is 1.82. The van der Waals surface area contributed by atoms with Crippen molar-refractivity contribution in [3.8, 4) is 0 Å². The zero-order valence-electron chi connectivity index (χ0n) is 11.2. The second-order valence-corrected chi connectivity index (χ2v) is 6.20. The second kappa shape index (κ2) is 4.63. The number of hydrogen-bond acceptors (Lipinski definition) is 3. The number of likely N-dealkylation sites (tertiary alicyclic amines) is 2. The molecule has 3 nitrogen and oxygen atoms in total. The summed E-state index contributed by atoms with van der Waals surface area (Å²) < 4.78 is 5.33. The Morgan fingerprint density at radius 1 is 1.06 bits per heavy atom. The number of ether oxygens (including phenoxy) is 1. The molecule has 2 rings (SSSR count). The molecule has 2 aliphatic heterocycles. The highest BCUT2D eigenvalue weighted by atomic mass is 16.5. The quantitative estimate of drug-likeness (QED) is 0.711. The summed E-state index contributed by atoms with van der Waals surface area (Å²) in [5, 5.41) is 0. The van der Waals surface area contributed by atoms with Gasteiger partial charge in [0.1, 0.15) is 0 Å². The fourth-order valence-corrected chi connectivity index (χ4v) is 2.82. The fourth-order valence-electron chi connectivity index (χ4n) is 2.82. The molecule has 0 spiro atoms. The van der Waals surface area contributed by atoms with E-state index in [1.54, 1.807) is 0 Å². The van der Waals surface area contributed by atoms with Gasteiger partial charge in [0.2, 0.25) is 0 Å². The van der Waals surface area contributed by atoms with Crippen molar-refractivity contribution in [2.45, 2.75) is 51.3 Å². The van der Waals surface area contributed by atoms with Crippen LogP contribution in [0.5, 0.6) is 0 Å². The lowest BCUT2D eigenvalue weighted by Crippen LogP contribution is -2.59. The predicted molar refractivity (Wildman–Crippen MR) is 66.7 cm³/mol. The highest BCUT2D eigenvalue weighted by Gasteiger charge is 2.35. The highest BCUT2D eigenvalue weighted by Crippen LogP contribution is 2.26. The van der Waals surface area contributed by atoms with Gasteiger partial charge in [-0.3, -0.25) is 9.80 Å². The van der Waals surface area contributed by atoms with Crippen molar-refractivity contribution in [1.29, 1.82) is 0 Å². The van der Waals surface area contributed by atoms with Gasteiger partial charge in [0.15, 0.2) is 0 Å². The van der Waals surface area contributed by atoms with Crippen LogP contribution in [0.25, 0.3) is 0 Å². The summed E-state index contributed by atoms with van der Waals surface area (Å²) in [5.74, 6) is 0. The number of piperidine rings is 1. The molecule has 0 atom stereocenters. The Bertz CT molecular complexity index is 223. The van der Waals surface area contributed by atoms with Crippen LogP contribution in [0.15, 0.2) is 0 Å². The molecule has 2 aliphatic rings. The van der Waals surface area contributed by atoms with Gasteiger partial charge in [0.05, 0.1) is 6.10 Å². The van der Waals surface area contributed by atoms with Crippen LogP contribution in [0.2, 0.25) is 0 Å². The van der Waals surface area contributed by atoms with Crippen LogP contribution in [0.1, 0.15) is 33.6 Å². The first-order valence-electron chi connectivity index (χ1n) is 6.52. The zero-order chi connectivity index (χ0) is 11.8. The average Bonchev–Trinajstić information content (AvgIpc) is 2.15. The van der Waals surface area contributed by atoms with E-state index < -0.39 is 0 Å². The van der Waals surface area contributed by atoms with Gasteiger partial charge in [-0.1, -0.05) is 0 Å². The maximum absolute atomic E-state index is 5.33. The first-order valence-corrected chi connectivity index (χ1v) is 6.52. The average molecular weight is 226 g/mol. The van der Waals surface area contributed by atoms with Crippen molar-refractivity contribution < 1.29 is 4.74 Å². The summed E-state index contributed by atoms with van der Waals surface area (Å²) in [6.45, 7) is 11.8. The number of methoxy groups -OCH3 is 1. The van der Waals surface area contributed by atoms with E-state index in [1.807, 2.05) is 7.11 Å². The van der Waals surface area contributed by atoms with E-state index in [4.69, 9.17) is 4.74 Å². The number of rotatable bonds is 2. The van der Waals surface area contributed by atoms with Crippen molar-refractivity contribution in [2.24, 2.45) is 0 Å². The number of hydrogen-bond donors (Lipinski definition) is 0. The summed E-state index contributed by atoms with van der Waals surface area (Å²) in [4.78, 5) is 5.20. The topological polar surface area (TPSA) is 15.7 Å². The molecule has 0 bridgehead atoms. The van der Waals surface area contributed by atoms with Gasteiger partial charge in [0, 0.05) is 44.9 Å². The molecule has 0 aromatic rings. The fraction of sp³-hybridized carbons (Fsp3) is 1.00. The Labute approximate surface area is 99.7 Å². The SMILES string of the molecule is COC1CN(C2CCN(C(C)(C)C)CC2)C1. The molecule has 0 aromatic heterocycles. The van der Waals surface area contributed by atoms with Crippen LogP contribution in [-0.4, -0.2) is 60.8 Å². The molecule has 2 heterocycles. The Morgan fingerprint density at radius 2 is 1.62 bits per heavy atom. The standard InChI is InChI=1S/C13H26N2O/c1-13(2,3)15-7-5-11(6-8-15)14-9-12(10-14)16-4/h11-12H,5-10H2,1-4H3. The first-order chi connectivity index (χ1) is 7.50. The van der Waals surface area contributed by atoms with Gasteiger partial charge in [0.25, 0.3) is 0 Å². The zero-order valence-corrected chi connectivity index (χ0v) is 11.2. The minimum Gasteiger partial charge on any atom is -0.379 e. The molecule has 0 saturated carbocycles. The van der Waals surface area contributed by atoms with Crippen molar-refractivity contribution in [2.75, 3.05) is 33.3 Å². The van der Waals surface area contributed by atoms with E-state index in [0.29, 0.717) is 11.6 Å². The van der Waals surface area contributed by atoms with Crippen molar-refractivity contribution >= 4 is 0 Å². The lowest BCUT2D eigenvalue weighted by molar-refractivity contribution is -0.0662. The summed E-state index contributed by atoms with van der Waals surface area (Å²) in [6.07, 6.45) is 3.15. The summed E-state index contributed by atoms with van der Waals surface area (Å²) in [6, 6.07) is 0.810. The van der Waals surface area contributed by atoms with E-state index >= 15 is 0 Å². The van der Waals surface area contributed by atoms with Crippen LogP contribution in [0.3, 0.4) is 0 Å². The van der Waals surface area contributed by atoms with E-state index in [2.05, 4.69) is 30.6 Å². The Hall–Kier alpha value is -0.120. The molecule has 3 heteroatoms. The molecule has 0 unspecified atom stereocenters. The molecule has 0 aromatic carbocycles. The van der Waals surface area contributed by atoms with Crippen molar-refractivity contribution in [3.63, 3.8) is 0 Å². The predicted octanol–water partition coefficient (Wildman–Crippen LogP) is 1.58. The smallest absolute Gasteiger partial charge is 0.0825 e. The van der Waals surface area contributed by atoms with E-state index in [9.17, 15) is 0 Å². The largest absolute Gasteiger partial charge is 0.379 e. The lowest BCUT2D eigenvalue weighted by Gasteiger charge is -2.48. The Morgan fingerprint density at radius 3 is 2.06 bits per heavy atom. The molecule has 0 aliphatic carbocycles. The van der Waals surface area contributed by atoms with Gasteiger partial charge in [-0.15, -0.1) is 0 Å². The third-order valence-electron chi connectivity index (χ3n) is 4.14. The van der Waals surface area contributed by atoms with Crippen LogP contribution >= 0.6 is 0 Å². The molecular formula is C13H26N2O. The molecule has 0 N–H and O–H groups in total. The Kier molecular flexibility index (Phi) is 3.57. The number of nitrogens with zero attached hydrogens (tertiary/aromatic N) is 2. The van der Waals surface area contributed by atoms with Crippen LogP contribution in [0, 0.1) is 0 Å². The van der Waals surface area contributed by atoms with Crippen molar-refractivity contribution in [1.82, 2.24) is 9.80 Å².